The van der Waals surface area contributed by atoms with Crippen LogP contribution < -0.4 is 0 Å². The first-order valence-corrected chi connectivity index (χ1v) is 9.23. The maximum absolute atomic E-state index is 12.6. The molecule has 0 aliphatic carbocycles. The van der Waals surface area contributed by atoms with Crippen LogP contribution in [0.25, 0.3) is 10.6 Å². The number of amides is 1. The Balaban J connectivity index is 1.75. The summed E-state index contributed by atoms with van der Waals surface area (Å²) in [4.78, 5) is 18.8. The normalized spacial score (nSPS) is 10.6. The van der Waals surface area contributed by atoms with Crippen LogP contribution in [0, 0.1) is 6.92 Å². The Morgan fingerprint density at radius 2 is 1.88 bits per heavy atom. The van der Waals surface area contributed by atoms with E-state index in [2.05, 4.69) is 40.0 Å². The number of hydrogen-bond acceptors (Lipinski definition) is 3. The van der Waals surface area contributed by atoms with Gasteiger partial charge in [-0.2, -0.15) is 0 Å². The predicted molar refractivity (Wildman–Crippen MR) is 102 cm³/mol. The van der Waals surface area contributed by atoms with Crippen LogP contribution in [0.4, 0.5) is 0 Å². The van der Waals surface area contributed by atoms with Gasteiger partial charge < -0.3 is 4.90 Å². The van der Waals surface area contributed by atoms with Crippen molar-refractivity contribution in [2.45, 2.75) is 13.5 Å². The van der Waals surface area contributed by atoms with Crippen molar-refractivity contribution in [3.05, 3.63) is 75.2 Å². The maximum atomic E-state index is 12.6. The van der Waals surface area contributed by atoms with Crippen molar-refractivity contribution in [2.75, 3.05) is 7.05 Å². The van der Waals surface area contributed by atoms with E-state index in [1.165, 1.54) is 16.9 Å². The molecule has 1 amide bonds. The highest BCUT2D eigenvalue weighted by Crippen LogP contribution is 2.25. The van der Waals surface area contributed by atoms with Gasteiger partial charge in [0, 0.05) is 29.0 Å². The summed E-state index contributed by atoms with van der Waals surface area (Å²) in [5, 5.41) is 2.70. The fraction of sp³-hybridized carbons (Fsp3) is 0.158. The number of rotatable bonds is 4. The van der Waals surface area contributed by atoms with E-state index < -0.39 is 0 Å². The van der Waals surface area contributed by atoms with Crippen molar-refractivity contribution in [1.29, 1.82) is 0 Å². The van der Waals surface area contributed by atoms with Crippen molar-refractivity contribution in [2.24, 2.45) is 0 Å². The van der Waals surface area contributed by atoms with Crippen molar-refractivity contribution in [1.82, 2.24) is 9.88 Å². The summed E-state index contributed by atoms with van der Waals surface area (Å²) >= 11 is 5.01. The molecular weight excluding hydrogens is 384 g/mol. The smallest absolute Gasteiger partial charge is 0.273 e. The summed E-state index contributed by atoms with van der Waals surface area (Å²) in [6, 6.07) is 16.1. The highest BCUT2D eigenvalue weighted by Gasteiger charge is 2.17. The van der Waals surface area contributed by atoms with Crippen LogP contribution in [-0.4, -0.2) is 22.8 Å². The van der Waals surface area contributed by atoms with Crippen LogP contribution in [0.15, 0.2) is 58.4 Å². The van der Waals surface area contributed by atoms with E-state index in [-0.39, 0.29) is 5.91 Å². The van der Waals surface area contributed by atoms with Gasteiger partial charge in [0.2, 0.25) is 0 Å². The number of carbonyl (C=O) groups excluding carboxylic acids is 1. The minimum atomic E-state index is -0.0691. The van der Waals surface area contributed by atoms with Gasteiger partial charge in [-0.1, -0.05) is 64.0 Å². The average molecular weight is 401 g/mol. The molecule has 3 nitrogen and oxygen atoms in total. The summed E-state index contributed by atoms with van der Waals surface area (Å²) in [5.74, 6) is -0.0691. The Hall–Kier alpha value is -1.98. The lowest BCUT2D eigenvalue weighted by molar-refractivity contribution is 0.0780. The quantitative estimate of drug-likeness (QED) is 0.606. The summed E-state index contributed by atoms with van der Waals surface area (Å²) < 4.78 is 1.00. The Morgan fingerprint density at radius 3 is 2.58 bits per heavy atom. The number of carbonyl (C=O) groups is 1. The van der Waals surface area contributed by atoms with Crippen LogP contribution in [0.1, 0.15) is 21.6 Å². The Labute approximate surface area is 154 Å². The van der Waals surface area contributed by atoms with Gasteiger partial charge in [0.05, 0.1) is 0 Å². The van der Waals surface area contributed by atoms with Gasteiger partial charge >= 0.3 is 0 Å². The minimum absolute atomic E-state index is 0.0691. The van der Waals surface area contributed by atoms with Crippen molar-refractivity contribution < 1.29 is 4.79 Å². The molecule has 0 saturated heterocycles. The highest BCUT2D eigenvalue weighted by molar-refractivity contribution is 9.10. The third-order valence-corrected chi connectivity index (χ3v) is 5.40. The van der Waals surface area contributed by atoms with E-state index in [4.69, 9.17) is 0 Å². The number of aromatic nitrogens is 1. The lowest BCUT2D eigenvalue weighted by atomic mass is 10.2. The molecule has 2 aromatic carbocycles. The molecule has 0 fully saturated rings. The van der Waals surface area contributed by atoms with Crippen molar-refractivity contribution >= 4 is 33.2 Å². The van der Waals surface area contributed by atoms with Gasteiger partial charge in [0.15, 0.2) is 0 Å². The predicted octanol–water partition coefficient (Wildman–Crippen LogP) is 5.15. The lowest BCUT2D eigenvalue weighted by Gasteiger charge is -2.16. The molecule has 122 valence electrons. The topological polar surface area (TPSA) is 33.2 Å². The fourth-order valence-electron chi connectivity index (χ4n) is 2.35. The van der Waals surface area contributed by atoms with E-state index in [0.717, 1.165) is 20.6 Å². The molecule has 3 aromatic rings. The molecule has 0 spiro atoms. The third-order valence-electron chi connectivity index (χ3n) is 3.73. The molecule has 0 N–H and O–H groups in total. The van der Waals surface area contributed by atoms with Crippen LogP contribution in [0.5, 0.6) is 0 Å². The van der Waals surface area contributed by atoms with Crippen molar-refractivity contribution in [3.8, 4) is 10.6 Å². The molecule has 24 heavy (non-hydrogen) atoms. The van der Waals surface area contributed by atoms with Crippen LogP contribution in [0.3, 0.4) is 0 Å². The van der Waals surface area contributed by atoms with Crippen molar-refractivity contribution in [3.63, 3.8) is 0 Å². The first-order valence-electron chi connectivity index (χ1n) is 7.56. The molecule has 3 rings (SSSR count). The molecule has 1 aromatic heterocycles. The Morgan fingerprint density at radius 1 is 1.17 bits per heavy atom. The van der Waals surface area contributed by atoms with E-state index in [1.807, 2.05) is 41.8 Å². The van der Waals surface area contributed by atoms with E-state index >= 15 is 0 Å². The second kappa shape index (κ2) is 7.28. The van der Waals surface area contributed by atoms with E-state index in [0.29, 0.717) is 12.2 Å². The van der Waals surface area contributed by atoms with Gasteiger partial charge in [-0.3, -0.25) is 4.79 Å². The number of halogens is 1. The molecule has 0 bridgehead atoms. The summed E-state index contributed by atoms with van der Waals surface area (Å²) in [7, 11) is 1.80. The minimum Gasteiger partial charge on any atom is -0.336 e. The molecule has 0 aliphatic heterocycles. The van der Waals surface area contributed by atoms with Crippen LogP contribution in [-0.2, 0) is 6.54 Å². The number of benzene rings is 2. The van der Waals surface area contributed by atoms with E-state index in [1.54, 1.807) is 11.9 Å². The zero-order valence-electron chi connectivity index (χ0n) is 13.5. The largest absolute Gasteiger partial charge is 0.336 e. The number of thiazole rings is 1. The molecule has 0 radical (unpaired) electrons. The number of hydrogen-bond donors (Lipinski definition) is 0. The summed E-state index contributed by atoms with van der Waals surface area (Å²) in [6.07, 6.45) is 0. The average Bonchev–Trinajstić information content (AvgIpc) is 3.07. The monoisotopic (exact) mass is 400 g/mol. The zero-order chi connectivity index (χ0) is 17.1. The van der Waals surface area contributed by atoms with E-state index in [9.17, 15) is 4.79 Å². The van der Waals surface area contributed by atoms with Gasteiger partial charge in [-0.05, 0) is 18.6 Å². The summed E-state index contributed by atoms with van der Waals surface area (Å²) in [6.45, 7) is 2.59. The molecule has 0 saturated carbocycles. The lowest BCUT2D eigenvalue weighted by Crippen LogP contribution is -2.26. The first-order chi connectivity index (χ1) is 11.5. The van der Waals surface area contributed by atoms with Gasteiger partial charge in [-0.15, -0.1) is 11.3 Å². The zero-order valence-corrected chi connectivity index (χ0v) is 15.9. The molecule has 0 aliphatic rings. The maximum Gasteiger partial charge on any atom is 0.273 e. The molecule has 0 atom stereocenters. The first kappa shape index (κ1) is 16.9. The number of nitrogens with zero attached hydrogens (tertiary/aromatic N) is 2. The fourth-order valence-corrected chi connectivity index (χ4v) is 3.56. The second-order valence-corrected chi connectivity index (χ2v) is 7.37. The number of aryl methyl sites for hydroxylation is 1. The van der Waals surface area contributed by atoms with Crippen LogP contribution in [0.2, 0.25) is 0 Å². The molecule has 1 heterocycles. The Bertz CT molecular complexity index is 858. The highest BCUT2D eigenvalue weighted by atomic mass is 79.9. The molecule has 5 heteroatoms. The SMILES string of the molecule is Cc1ccc(-c2nc(C(=O)N(C)Cc3ccccc3Br)cs2)cc1. The molecular formula is C19H17BrN2OS. The van der Waals surface area contributed by atoms with Gasteiger partial charge in [0.25, 0.3) is 5.91 Å². The van der Waals surface area contributed by atoms with Crippen LogP contribution >= 0.6 is 27.3 Å². The van der Waals surface area contributed by atoms with Gasteiger partial charge in [0.1, 0.15) is 10.7 Å². The van der Waals surface area contributed by atoms with Gasteiger partial charge in [-0.25, -0.2) is 4.98 Å². The second-order valence-electron chi connectivity index (χ2n) is 5.66. The summed E-state index contributed by atoms with van der Waals surface area (Å²) in [5.41, 5.74) is 3.81. The standard InChI is InChI=1S/C19H17BrN2OS/c1-13-7-9-14(10-8-13)18-21-17(12-24-18)19(23)22(2)11-15-5-3-4-6-16(15)20/h3-10,12H,11H2,1-2H3. The molecule has 0 unspecified atom stereocenters. The Kier molecular flexibility index (Phi) is 5.11. The third kappa shape index (κ3) is 3.74.